The van der Waals surface area contributed by atoms with Crippen LogP contribution in [0.1, 0.15) is 43.6 Å². The van der Waals surface area contributed by atoms with Crippen molar-refractivity contribution in [1.82, 2.24) is 5.32 Å². The minimum Gasteiger partial charge on any atom is -0.484 e. The zero-order chi connectivity index (χ0) is 22.8. The van der Waals surface area contributed by atoms with Crippen molar-refractivity contribution >= 4 is 23.4 Å². The number of ketones is 1. The summed E-state index contributed by atoms with van der Waals surface area (Å²) in [6, 6.07) is 7.30. The molecule has 0 saturated heterocycles. The minimum atomic E-state index is -0.790. The van der Waals surface area contributed by atoms with E-state index in [9.17, 15) is 14.0 Å². The molecule has 8 heteroatoms. The van der Waals surface area contributed by atoms with Crippen LogP contribution in [-0.2, 0) is 20.9 Å². The van der Waals surface area contributed by atoms with Crippen LogP contribution < -0.4 is 10.1 Å². The number of hydrogen-bond acceptors (Lipinski definition) is 6. The van der Waals surface area contributed by atoms with E-state index < -0.39 is 23.6 Å². The number of esters is 1. The summed E-state index contributed by atoms with van der Waals surface area (Å²) in [6.07, 6.45) is 1.86. The molecule has 1 aromatic heterocycles. The van der Waals surface area contributed by atoms with Gasteiger partial charge in [-0.2, -0.15) is 0 Å². The second-order valence-electron chi connectivity index (χ2n) is 7.69. The molecule has 6 nitrogen and oxygen atoms in total. The highest BCUT2D eigenvalue weighted by Gasteiger charge is 2.45. The Morgan fingerprint density at radius 1 is 1.31 bits per heavy atom. The van der Waals surface area contributed by atoms with Gasteiger partial charge in [0.15, 0.2) is 5.78 Å². The average molecular weight is 460 g/mol. The quantitative estimate of drug-likeness (QED) is 0.610. The van der Waals surface area contributed by atoms with Crippen LogP contribution >= 0.6 is 11.6 Å². The largest absolute Gasteiger partial charge is 0.484 e. The van der Waals surface area contributed by atoms with Gasteiger partial charge in [0.1, 0.15) is 35.6 Å². The number of allylic oxidation sites excluding steroid dienone is 2. The Morgan fingerprint density at radius 3 is 2.88 bits per heavy atom. The standard InChI is InChI=1S/C24H23ClFNO5/c1-3-30-24(29)21-13(2)27-17-5-4-6-18(28)22(17)23(21)20-10-8-15(32-20)12-31-19-9-7-14(26)11-16(19)25/h7-11,21,23,27H,2-6,12H2,1H3. The number of hydrogen-bond donors (Lipinski definition) is 1. The van der Waals surface area contributed by atoms with Gasteiger partial charge in [0.05, 0.1) is 17.5 Å². The Bertz CT molecular complexity index is 1110. The summed E-state index contributed by atoms with van der Waals surface area (Å²) in [5, 5.41) is 3.30. The van der Waals surface area contributed by atoms with E-state index in [0.29, 0.717) is 41.4 Å². The van der Waals surface area contributed by atoms with Crippen LogP contribution in [0.25, 0.3) is 0 Å². The zero-order valence-corrected chi connectivity index (χ0v) is 18.3. The smallest absolute Gasteiger partial charge is 0.316 e. The van der Waals surface area contributed by atoms with Gasteiger partial charge in [-0.05, 0) is 50.1 Å². The molecule has 2 heterocycles. The van der Waals surface area contributed by atoms with E-state index in [4.69, 9.17) is 25.5 Å². The summed E-state index contributed by atoms with van der Waals surface area (Å²) in [6.45, 7) is 6.00. The van der Waals surface area contributed by atoms with Gasteiger partial charge in [0.25, 0.3) is 0 Å². The molecule has 2 aliphatic rings. The molecule has 0 saturated carbocycles. The van der Waals surface area contributed by atoms with Crippen LogP contribution in [0.4, 0.5) is 4.39 Å². The van der Waals surface area contributed by atoms with Crippen molar-refractivity contribution in [2.24, 2.45) is 5.92 Å². The number of rotatable bonds is 6. The summed E-state index contributed by atoms with van der Waals surface area (Å²) in [5.41, 5.74) is 1.81. The van der Waals surface area contributed by atoms with Crippen molar-refractivity contribution < 1.29 is 27.9 Å². The van der Waals surface area contributed by atoms with Crippen molar-refractivity contribution in [3.05, 3.63) is 76.2 Å². The molecular weight excluding hydrogens is 437 g/mol. The molecule has 32 heavy (non-hydrogen) atoms. The maximum Gasteiger partial charge on any atom is 0.316 e. The van der Waals surface area contributed by atoms with Crippen molar-refractivity contribution in [2.75, 3.05) is 6.61 Å². The van der Waals surface area contributed by atoms with Gasteiger partial charge in [-0.1, -0.05) is 18.2 Å². The van der Waals surface area contributed by atoms with E-state index in [1.807, 2.05) is 0 Å². The molecule has 0 bridgehead atoms. The normalized spacial score (nSPS) is 20.6. The molecule has 1 aliphatic heterocycles. The van der Waals surface area contributed by atoms with Crippen molar-refractivity contribution in [3.8, 4) is 5.75 Å². The van der Waals surface area contributed by atoms with Gasteiger partial charge < -0.3 is 19.2 Å². The second-order valence-corrected chi connectivity index (χ2v) is 8.10. The van der Waals surface area contributed by atoms with Crippen LogP contribution in [0.5, 0.6) is 5.75 Å². The lowest BCUT2D eigenvalue weighted by atomic mass is 9.73. The SMILES string of the molecule is C=C1NC2=C(C(=O)CCC2)C(c2ccc(COc3ccc(F)cc3Cl)o2)C1C(=O)OCC. The van der Waals surface area contributed by atoms with E-state index in [2.05, 4.69) is 11.9 Å². The minimum absolute atomic E-state index is 0.0159. The third kappa shape index (κ3) is 4.30. The summed E-state index contributed by atoms with van der Waals surface area (Å²) in [7, 11) is 0. The van der Waals surface area contributed by atoms with E-state index in [0.717, 1.165) is 18.2 Å². The molecule has 2 aromatic rings. The second kappa shape index (κ2) is 9.20. The Balaban J connectivity index is 1.64. The average Bonchev–Trinajstić information content (AvgIpc) is 3.21. The number of carbonyl (C=O) groups is 2. The van der Waals surface area contributed by atoms with Gasteiger partial charge in [0.2, 0.25) is 0 Å². The molecule has 0 fully saturated rings. The number of ether oxygens (including phenoxy) is 2. The Kier molecular flexibility index (Phi) is 6.37. The van der Waals surface area contributed by atoms with Gasteiger partial charge in [-0.25, -0.2) is 4.39 Å². The summed E-state index contributed by atoms with van der Waals surface area (Å²) >= 11 is 6.01. The molecule has 168 valence electrons. The first kappa shape index (κ1) is 22.1. The van der Waals surface area contributed by atoms with Crippen LogP contribution in [0.3, 0.4) is 0 Å². The fraction of sp³-hybridized carbons (Fsp3) is 0.333. The fourth-order valence-corrected chi connectivity index (χ4v) is 4.41. The first-order valence-electron chi connectivity index (χ1n) is 10.4. The van der Waals surface area contributed by atoms with E-state index in [-0.39, 0.29) is 24.0 Å². The maximum atomic E-state index is 13.2. The van der Waals surface area contributed by atoms with Gasteiger partial charge in [-0.15, -0.1) is 0 Å². The summed E-state index contributed by atoms with van der Waals surface area (Å²) in [4.78, 5) is 25.6. The van der Waals surface area contributed by atoms with Crippen LogP contribution in [0, 0.1) is 11.7 Å². The first-order chi connectivity index (χ1) is 15.4. The van der Waals surface area contributed by atoms with Crippen molar-refractivity contribution in [3.63, 3.8) is 0 Å². The topological polar surface area (TPSA) is 77.8 Å². The van der Waals surface area contributed by atoms with Crippen LogP contribution in [-0.4, -0.2) is 18.4 Å². The highest BCUT2D eigenvalue weighted by molar-refractivity contribution is 6.32. The number of halogens is 2. The van der Waals surface area contributed by atoms with Gasteiger partial charge >= 0.3 is 5.97 Å². The van der Waals surface area contributed by atoms with Gasteiger partial charge in [-0.3, -0.25) is 9.59 Å². The highest BCUT2D eigenvalue weighted by atomic mass is 35.5. The lowest BCUT2D eigenvalue weighted by Crippen LogP contribution is -2.41. The zero-order valence-electron chi connectivity index (χ0n) is 17.6. The number of carbonyl (C=O) groups excluding carboxylic acids is 2. The molecular formula is C24H23ClFNO5. The third-order valence-electron chi connectivity index (χ3n) is 5.58. The monoisotopic (exact) mass is 459 g/mol. The molecule has 4 rings (SSSR count). The maximum absolute atomic E-state index is 13.2. The fourth-order valence-electron chi connectivity index (χ4n) is 4.19. The number of nitrogens with one attached hydrogen (secondary N) is 1. The Hall–Kier alpha value is -3.06. The molecule has 0 amide bonds. The first-order valence-corrected chi connectivity index (χ1v) is 10.8. The van der Waals surface area contributed by atoms with Crippen molar-refractivity contribution in [1.29, 1.82) is 0 Å². The number of Topliss-reactive ketones (excluding diaryl/α,β-unsaturated/α-hetero) is 1. The predicted octanol–water partition coefficient (Wildman–Crippen LogP) is 5.04. The summed E-state index contributed by atoms with van der Waals surface area (Å²) in [5.74, 6) is -1.12. The van der Waals surface area contributed by atoms with Crippen molar-refractivity contribution in [2.45, 2.75) is 38.7 Å². The number of furan rings is 1. The molecule has 0 radical (unpaired) electrons. The van der Waals surface area contributed by atoms with Crippen LogP contribution in [0.2, 0.25) is 5.02 Å². The molecule has 2 atom stereocenters. The lowest BCUT2D eigenvalue weighted by Gasteiger charge is -2.36. The van der Waals surface area contributed by atoms with E-state index >= 15 is 0 Å². The molecule has 1 N–H and O–H groups in total. The van der Waals surface area contributed by atoms with E-state index in [1.165, 1.54) is 12.1 Å². The summed E-state index contributed by atoms with van der Waals surface area (Å²) < 4.78 is 30.2. The Labute approximate surface area is 190 Å². The number of benzene rings is 1. The van der Waals surface area contributed by atoms with Crippen LogP contribution in [0.15, 0.2) is 58.3 Å². The molecule has 1 aromatic carbocycles. The van der Waals surface area contributed by atoms with E-state index in [1.54, 1.807) is 19.1 Å². The Morgan fingerprint density at radius 2 is 2.12 bits per heavy atom. The highest BCUT2D eigenvalue weighted by Crippen LogP contribution is 2.44. The molecule has 2 unspecified atom stereocenters. The third-order valence-corrected chi connectivity index (χ3v) is 5.88. The molecule has 0 spiro atoms. The predicted molar refractivity (Wildman–Crippen MR) is 115 cm³/mol. The van der Waals surface area contributed by atoms with Gasteiger partial charge in [0, 0.05) is 23.4 Å². The molecule has 1 aliphatic carbocycles. The lowest BCUT2D eigenvalue weighted by molar-refractivity contribution is -0.147.